The number of hydrogen-bond donors (Lipinski definition) is 1. The van der Waals surface area contributed by atoms with E-state index in [-0.39, 0.29) is 17.9 Å². The first kappa shape index (κ1) is 16.3. The van der Waals surface area contributed by atoms with Gasteiger partial charge in [0.2, 0.25) is 5.91 Å². The van der Waals surface area contributed by atoms with Crippen LogP contribution in [0, 0.1) is 5.92 Å². The summed E-state index contributed by atoms with van der Waals surface area (Å²) in [7, 11) is 3.51. The van der Waals surface area contributed by atoms with Gasteiger partial charge in [0, 0.05) is 39.6 Å². The van der Waals surface area contributed by atoms with Crippen LogP contribution in [0.25, 0.3) is 0 Å². The van der Waals surface area contributed by atoms with Gasteiger partial charge in [-0.2, -0.15) is 0 Å². The average Bonchev–Trinajstić information content (AvgIpc) is 2.55. The second kappa shape index (κ2) is 7.82. The molecule has 1 N–H and O–H groups in total. The number of rotatable bonds is 4. The highest BCUT2D eigenvalue weighted by molar-refractivity contribution is 5.79. The predicted octanol–water partition coefficient (Wildman–Crippen LogP) is 1.74. The van der Waals surface area contributed by atoms with Gasteiger partial charge in [-0.3, -0.25) is 4.79 Å². The van der Waals surface area contributed by atoms with E-state index in [1.54, 1.807) is 19.0 Å². The number of amides is 3. The number of hydrogen-bond acceptors (Lipinski definition) is 2. The maximum atomic E-state index is 12.2. The summed E-state index contributed by atoms with van der Waals surface area (Å²) in [6.07, 6.45) is 2.35. The summed E-state index contributed by atoms with van der Waals surface area (Å²) >= 11 is 0. The Morgan fingerprint density at radius 1 is 1.18 bits per heavy atom. The van der Waals surface area contributed by atoms with Crippen molar-refractivity contribution >= 4 is 11.9 Å². The second-order valence-corrected chi connectivity index (χ2v) is 5.96. The molecule has 5 heteroatoms. The Kier molecular flexibility index (Phi) is 5.81. The largest absolute Gasteiger partial charge is 0.356 e. The van der Waals surface area contributed by atoms with Crippen molar-refractivity contribution in [2.24, 2.45) is 5.92 Å². The van der Waals surface area contributed by atoms with Crippen molar-refractivity contribution < 1.29 is 9.59 Å². The van der Waals surface area contributed by atoms with Gasteiger partial charge in [-0.05, 0) is 24.8 Å². The highest BCUT2D eigenvalue weighted by Crippen LogP contribution is 2.18. The zero-order chi connectivity index (χ0) is 15.9. The molecule has 0 saturated carbocycles. The van der Waals surface area contributed by atoms with Gasteiger partial charge in [-0.15, -0.1) is 0 Å². The van der Waals surface area contributed by atoms with Gasteiger partial charge in [0.25, 0.3) is 0 Å². The molecule has 3 amide bonds. The molecule has 1 saturated heterocycles. The van der Waals surface area contributed by atoms with Gasteiger partial charge in [-0.25, -0.2) is 4.79 Å². The van der Waals surface area contributed by atoms with Gasteiger partial charge < -0.3 is 15.1 Å². The molecule has 1 fully saturated rings. The van der Waals surface area contributed by atoms with E-state index in [0.717, 1.165) is 19.3 Å². The second-order valence-electron chi connectivity index (χ2n) is 5.96. The van der Waals surface area contributed by atoms with Crippen LogP contribution in [-0.2, 0) is 11.2 Å². The molecule has 5 nitrogen and oxygen atoms in total. The summed E-state index contributed by atoms with van der Waals surface area (Å²) in [6.45, 7) is 1.99. The Labute approximate surface area is 132 Å². The molecule has 1 aromatic carbocycles. The molecule has 1 aliphatic rings. The van der Waals surface area contributed by atoms with Crippen LogP contribution in [0.5, 0.6) is 0 Å². The van der Waals surface area contributed by atoms with E-state index >= 15 is 0 Å². The quantitative estimate of drug-likeness (QED) is 0.921. The van der Waals surface area contributed by atoms with Crippen LogP contribution in [0.15, 0.2) is 30.3 Å². The first-order valence-electron chi connectivity index (χ1n) is 7.86. The monoisotopic (exact) mass is 303 g/mol. The fraction of sp³-hybridized carbons (Fsp3) is 0.529. The first-order chi connectivity index (χ1) is 10.6. The Morgan fingerprint density at radius 3 is 2.41 bits per heavy atom. The van der Waals surface area contributed by atoms with Gasteiger partial charge >= 0.3 is 6.03 Å². The summed E-state index contributed by atoms with van der Waals surface area (Å²) in [5, 5.41) is 3.01. The summed E-state index contributed by atoms with van der Waals surface area (Å²) in [5.74, 6) is 0.148. The number of carbonyl (C=O) groups excluding carboxylic acids is 2. The minimum absolute atomic E-state index is 0.0296. The normalized spacial score (nSPS) is 15.5. The van der Waals surface area contributed by atoms with Gasteiger partial charge in [0.1, 0.15) is 0 Å². The molecule has 0 spiro atoms. The number of urea groups is 1. The lowest BCUT2D eigenvalue weighted by Crippen LogP contribution is -2.46. The third-order valence-electron chi connectivity index (χ3n) is 4.07. The SMILES string of the molecule is CN(C)C(=O)N1CCC(C(=O)NCCc2ccccc2)CC1. The van der Waals surface area contributed by atoms with Crippen molar-refractivity contribution in [1.82, 2.24) is 15.1 Å². The van der Waals surface area contributed by atoms with Crippen LogP contribution in [0.1, 0.15) is 18.4 Å². The minimum Gasteiger partial charge on any atom is -0.356 e. The number of carbonyl (C=O) groups is 2. The average molecular weight is 303 g/mol. The van der Waals surface area contributed by atoms with E-state index < -0.39 is 0 Å². The van der Waals surface area contributed by atoms with Crippen LogP contribution in [0.3, 0.4) is 0 Å². The van der Waals surface area contributed by atoms with Crippen LogP contribution in [0.2, 0.25) is 0 Å². The Morgan fingerprint density at radius 2 is 1.82 bits per heavy atom. The first-order valence-corrected chi connectivity index (χ1v) is 7.86. The van der Waals surface area contributed by atoms with Crippen molar-refractivity contribution in [2.45, 2.75) is 19.3 Å². The smallest absolute Gasteiger partial charge is 0.319 e. The number of likely N-dealkylation sites (tertiary alicyclic amines) is 1. The van der Waals surface area contributed by atoms with Crippen molar-refractivity contribution in [2.75, 3.05) is 33.7 Å². The Bertz CT molecular complexity index is 494. The number of piperidine rings is 1. The molecule has 0 aromatic heterocycles. The van der Waals surface area contributed by atoms with Gasteiger partial charge in [0.05, 0.1) is 0 Å². The van der Waals surface area contributed by atoms with E-state index in [1.165, 1.54) is 5.56 Å². The highest BCUT2D eigenvalue weighted by Gasteiger charge is 2.27. The summed E-state index contributed by atoms with van der Waals surface area (Å²) in [6, 6.07) is 10.2. The van der Waals surface area contributed by atoms with E-state index in [1.807, 2.05) is 23.1 Å². The maximum Gasteiger partial charge on any atom is 0.319 e. The molecule has 0 radical (unpaired) electrons. The van der Waals surface area contributed by atoms with Crippen molar-refractivity contribution in [3.63, 3.8) is 0 Å². The molecule has 0 aliphatic carbocycles. The van der Waals surface area contributed by atoms with Gasteiger partial charge in [-0.1, -0.05) is 30.3 Å². The standard InChI is InChI=1S/C17H25N3O2/c1-19(2)17(22)20-12-9-15(10-13-20)16(21)18-11-8-14-6-4-3-5-7-14/h3-7,15H,8-13H2,1-2H3,(H,18,21). The molecule has 1 heterocycles. The molecule has 1 aliphatic heterocycles. The molecule has 2 rings (SSSR count). The molecular weight excluding hydrogens is 278 g/mol. The third-order valence-corrected chi connectivity index (χ3v) is 4.07. The van der Waals surface area contributed by atoms with E-state index in [0.29, 0.717) is 19.6 Å². The molecule has 1 aromatic rings. The Balaban J connectivity index is 1.70. The third kappa shape index (κ3) is 4.48. The summed E-state index contributed by atoms with van der Waals surface area (Å²) in [5.41, 5.74) is 1.23. The van der Waals surface area contributed by atoms with Crippen molar-refractivity contribution in [1.29, 1.82) is 0 Å². The van der Waals surface area contributed by atoms with E-state index in [9.17, 15) is 9.59 Å². The lowest BCUT2D eigenvalue weighted by atomic mass is 9.96. The summed E-state index contributed by atoms with van der Waals surface area (Å²) in [4.78, 5) is 27.4. The topological polar surface area (TPSA) is 52.7 Å². The molecule has 22 heavy (non-hydrogen) atoms. The lowest BCUT2D eigenvalue weighted by molar-refractivity contribution is -0.126. The molecule has 0 bridgehead atoms. The molecular formula is C17H25N3O2. The molecule has 0 atom stereocenters. The van der Waals surface area contributed by atoms with Gasteiger partial charge in [0.15, 0.2) is 0 Å². The van der Waals surface area contributed by atoms with Crippen molar-refractivity contribution in [3.8, 4) is 0 Å². The maximum absolute atomic E-state index is 12.2. The fourth-order valence-electron chi connectivity index (χ4n) is 2.73. The van der Waals surface area contributed by atoms with Crippen LogP contribution >= 0.6 is 0 Å². The zero-order valence-electron chi connectivity index (χ0n) is 13.4. The fourth-order valence-corrected chi connectivity index (χ4v) is 2.73. The zero-order valence-corrected chi connectivity index (χ0v) is 13.4. The van der Waals surface area contributed by atoms with E-state index in [2.05, 4.69) is 17.4 Å². The Hall–Kier alpha value is -2.04. The van der Waals surface area contributed by atoms with Crippen molar-refractivity contribution in [3.05, 3.63) is 35.9 Å². The number of nitrogens with zero attached hydrogens (tertiary/aromatic N) is 2. The molecule has 120 valence electrons. The van der Waals surface area contributed by atoms with E-state index in [4.69, 9.17) is 0 Å². The van der Waals surface area contributed by atoms with Crippen LogP contribution in [0.4, 0.5) is 4.79 Å². The predicted molar refractivity (Wildman–Crippen MR) is 86.5 cm³/mol. The molecule has 0 unspecified atom stereocenters. The number of benzene rings is 1. The lowest BCUT2D eigenvalue weighted by Gasteiger charge is -2.33. The van der Waals surface area contributed by atoms with Crippen LogP contribution < -0.4 is 5.32 Å². The van der Waals surface area contributed by atoms with Crippen LogP contribution in [-0.4, -0.2) is 55.5 Å². The summed E-state index contributed by atoms with van der Waals surface area (Å²) < 4.78 is 0. The highest BCUT2D eigenvalue weighted by atomic mass is 16.2. The minimum atomic E-state index is 0.0296. The number of nitrogens with one attached hydrogen (secondary N) is 1.